The average Bonchev–Trinajstić information content (AvgIpc) is 3.53. The van der Waals surface area contributed by atoms with Crippen molar-refractivity contribution >= 4 is 15.7 Å². The molecule has 0 aromatic heterocycles. The van der Waals surface area contributed by atoms with E-state index >= 15 is 0 Å². The van der Waals surface area contributed by atoms with Gasteiger partial charge in [0, 0.05) is 37.8 Å². The lowest BCUT2D eigenvalue weighted by Crippen LogP contribution is -2.49. The van der Waals surface area contributed by atoms with Gasteiger partial charge in [-0.25, -0.2) is 8.42 Å². The van der Waals surface area contributed by atoms with Crippen molar-refractivity contribution in [2.24, 2.45) is 5.92 Å². The Bertz CT molecular complexity index is 1590. The maximum absolute atomic E-state index is 13.9. The van der Waals surface area contributed by atoms with E-state index in [4.69, 9.17) is 0 Å². The van der Waals surface area contributed by atoms with Crippen molar-refractivity contribution in [2.75, 3.05) is 31.5 Å². The number of rotatable bonds is 6. The first-order chi connectivity index (χ1) is 20.1. The molecule has 7 rings (SSSR count). The van der Waals surface area contributed by atoms with Crippen LogP contribution in [0.4, 0.5) is 5.69 Å². The topological polar surface area (TPSA) is 52.7 Å². The summed E-state index contributed by atoms with van der Waals surface area (Å²) < 4.78 is 29.5. The Labute approximate surface area is 243 Å². The van der Waals surface area contributed by atoms with Gasteiger partial charge in [0.1, 0.15) is 0 Å². The van der Waals surface area contributed by atoms with Crippen molar-refractivity contribution in [2.45, 2.75) is 29.3 Å². The molecule has 4 aromatic rings. The number of benzene rings is 4. The molecule has 3 aliphatic rings. The summed E-state index contributed by atoms with van der Waals surface area (Å²) in [5, 5.41) is 3.74. The number of allylic oxidation sites excluding steroid dienone is 2. The molecular weight excluding hydrogens is 526 g/mol. The molecule has 1 aliphatic carbocycles. The predicted octanol–water partition coefficient (Wildman–Crippen LogP) is 6.61. The molecule has 3 unspecified atom stereocenters. The Morgan fingerprint density at radius 3 is 1.98 bits per heavy atom. The molecule has 1 fully saturated rings. The zero-order valence-electron chi connectivity index (χ0n) is 23.0. The van der Waals surface area contributed by atoms with Crippen LogP contribution in [-0.2, 0) is 10.0 Å². The SMILES string of the molecule is O=S(=O)(c1ccc2c(c1)C1C=CCC1C(c1ccccc1)N2)N1CCN(C(c2ccccc2)c2ccccc2)CC1. The monoisotopic (exact) mass is 561 g/mol. The summed E-state index contributed by atoms with van der Waals surface area (Å²) in [5.74, 6) is 0.584. The van der Waals surface area contributed by atoms with E-state index in [1.165, 1.54) is 16.7 Å². The standard InChI is InChI=1S/C35H35N3O2S/c39-41(40,38-23-21-37(22-24-38)35(27-13-6-2-7-14-27)28-15-8-3-9-16-28)29-19-20-33-32(25-29)30-17-10-18-31(30)34(36-33)26-11-4-1-5-12-26/h1-17,19-20,25,30-31,34-36H,18,21-24H2. The number of fused-ring (bicyclic) bond motifs is 3. The van der Waals surface area contributed by atoms with Gasteiger partial charge in [-0.1, -0.05) is 103 Å². The molecule has 0 amide bonds. The highest BCUT2D eigenvalue weighted by Gasteiger charge is 2.39. The third-order valence-corrected chi connectivity index (χ3v) is 10.9. The first kappa shape index (κ1) is 26.2. The van der Waals surface area contributed by atoms with Gasteiger partial charge in [-0.3, -0.25) is 4.90 Å². The van der Waals surface area contributed by atoms with Crippen LogP contribution in [0, 0.1) is 5.92 Å². The van der Waals surface area contributed by atoms with Gasteiger partial charge in [0.25, 0.3) is 0 Å². The number of anilines is 1. The number of hydrogen-bond acceptors (Lipinski definition) is 4. The average molecular weight is 562 g/mol. The molecule has 2 aliphatic heterocycles. The lowest BCUT2D eigenvalue weighted by molar-refractivity contribution is 0.156. The maximum atomic E-state index is 13.9. The minimum atomic E-state index is -3.61. The quantitative estimate of drug-likeness (QED) is 0.269. The van der Waals surface area contributed by atoms with Gasteiger partial charge in [-0.2, -0.15) is 4.31 Å². The van der Waals surface area contributed by atoms with Gasteiger partial charge in [-0.05, 0) is 52.8 Å². The fourth-order valence-corrected chi connectivity index (χ4v) is 8.42. The largest absolute Gasteiger partial charge is 0.378 e. The minimum Gasteiger partial charge on any atom is -0.378 e. The fourth-order valence-electron chi connectivity index (χ4n) is 6.96. The minimum absolute atomic E-state index is 0.0979. The summed E-state index contributed by atoms with van der Waals surface area (Å²) in [5.41, 5.74) is 5.85. The van der Waals surface area contributed by atoms with E-state index in [0.29, 0.717) is 37.0 Å². The van der Waals surface area contributed by atoms with Gasteiger partial charge < -0.3 is 5.32 Å². The lowest BCUT2D eigenvalue weighted by atomic mass is 9.77. The third-order valence-electron chi connectivity index (χ3n) is 9.00. The van der Waals surface area contributed by atoms with Crippen LogP contribution in [0.5, 0.6) is 0 Å². The highest BCUT2D eigenvalue weighted by atomic mass is 32.2. The predicted molar refractivity (Wildman–Crippen MR) is 164 cm³/mol. The zero-order valence-corrected chi connectivity index (χ0v) is 23.8. The second-order valence-corrected chi connectivity index (χ2v) is 13.2. The second kappa shape index (κ2) is 10.9. The molecule has 0 radical (unpaired) electrons. The number of nitrogens with one attached hydrogen (secondary N) is 1. The summed E-state index contributed by atoms with van der Waals surface area (Å²) in [4.78, 5) is 2.80. The summed E-state index contributed by atoms with van der Waals surface area (Å²) >= 11 is 0. The Kier molecular flexibility index (Phi) is 6.99. The van der Waals surface area contributed by atoms with Crippen molar-refractivity contribution in [1.29, 1.82) is 0 Å². The number of sulfonamides is 1. The highest BCUT2D eigenvalue weighted by Crippen LogP contribution is 2.50. The Balaban J connectivity index is 1.12. The molecule has 1 saturated heterocycles. The second-order valence-electron chi connectivity index (χ2n) is 11.3. The molecule has 41 heavy (non-hydrogen) atoms. The van der Waals surface area contributed by atoms with E-state index in [2.05, 4.69) is 95.2 Å². The number of nitrogens with zero attached hydrogens (tertiary/aromatic N) is 2. The van der Waals surface area contributed by atoms with E-state index in [0.717, 1.165) is 17.7 Å². The van der Waals surface area contributed by atoms with Crippen LogP contribution in [0.2, 0.25) is 0 Å². The third kappa shape index (κ3) is 4.90. The molecule has 3 atom stereocenters. The molecule has 4 aromatic carbocycles. The molecule has 2 heterocycles. The van der Waals surface area contributed by atoms with E-state index in [9.17, 15) is 8.42 Å². The van der Waals surface area contributed by atoms with Gasteiger partial charge in [0.15, 0.2) is 0 Å². The molecule has 1 N–H and O–H groups in total. The van der Waals surface area contributed by atoms with Gasteiger partial charge in [0.2, 0.25) is 10.0 Å². The molecule has 0 saturated carbocycles. The maximum Gasteiger partial charge on any atom is 0.243 e. The van der Waals surface area contributed by atoms with Crippen molar-refractivity contribution in [3.05, 3.63) is 144 Å². The molecular formula is C35H35N3O2S. The summed E-state index contributed by atoms with van der Waals surface area (Å²) in [6.45, 7) is 2.28. The van der Waals surface area contributed by atoms with Crippen LogP contribution in [0.25, 0.3) is 0 Å². The summed E-state index contributed by atoms with van der Waals surface area (Å²) in [7, 11) is -3.61. The van der Waals surface area contributed by atoms with E-state index in [1.807, 2.05) is 30.3 Å². The van der Waals surface area contributed by atoms with Gasteiger partial charge >= 0.3 is 0 Å². The first-order valence-electron chi connectivity index (χ1n) is 14.6. The fraction of sp³-hybridized carbons (Fsp3) is 0.257. The molecule has 5 nitrogen and oxygen atoms in total. The molecule has 0 bridgehead atoms. The van der Waals surface area contributed by atoms with E-state index < -0.39 is 10.0 Å². The molecule has 0 spiro atoms. The van der Waals surface area contributed by atoms with Crippen LogP contribution in [0.15, 0.2) is 126 Å². The summed E-state index contributed by atoms with van der Waals surface area (Å²) in [6.07, 6.45) is 5.50. The van der Waals surface area contributed by atoms with Gasteiger partial charge in [-0.15, -0.1) is 0 Å². The van der Waals surface area contributed by atoms with Crippen molar-refractivity contribution in [1.82, 2.24) is 9.21 Å². The van der Waals surface area contributed by atoms with E-state index in [-0.39, 0.29) is 18.0 Å². The smallest absolute Gasteiger partial charge is 0.243 e. The molecule has 208 valence electrons. The number of piperazine rings is 1. The Morgan fingerprint density at radius 1 is 0.732 bits per heavy atom. The summed E-state index contributed by atoms with van der Waals surface area (Å²) in [6, 6.07) is 37.6. The van der Waals surface area contributed by atoms with Gasteiger partial charge in [0.05, 0.1) is 17.0 Å². The first-order valence-corrected chi connectivity index (χ1v) is 16.0. The van der Waals surface area contributed by atoms with Crippen molar-refractivity contribution < 1.29 is 8.42 Å². The highest BCUT2D eigenvalue weighted by molar-refractivity contribution is 7.89. The van der Waals surface area contributed by atoms with Crippen LogP contribution >= 0.6 is 0 Å². The van der Waals surface area contributed by atoms with Crippen LogP contribution < -0.4 is 5.32 Å². The van der Waals surface area contributed by atoms with E-state index in [1.54, 1.807) is 10.4 Å². The lowest BCUT2D eigenvalue weighted by Gasteiger charge is -2.40. The zero-order chi connectivity index (χ0) is 27.8. The number of hydrogen-bond donors (Lipinski definition) is 1. The Morgan fingerprint density at radius 2 is 1.34 bits per heavy atom. The Hall–Kier alpha value is -3.71. The van der Waals surface area contributed by atoms with Crippen LogP contribution in [0.3, 0.4) is 0 Å². The van der Waals surface area contributed by atoms with Crippen molar-refractivity contribution in [3.63, 3.8) is 0 Å². The van der Waals surface area contributed by atoms with Crippen molar-refractivity contribution in [3.8, 4) is 0 Å². The van der Waals surface area contributed by atoms with Crippen LogP contribution in [-0.4, -0.2) is 43.8 Å². The normalized spacial score (nSPS) is 22.7. The molecule has 6 heteroatoms. The van der Waals surface area contributed by atoms with Crippen LogP contribution in [0.1, 0.15) is 46.7 Å².